The van der Waals surface area contributed by atoms with Crippen molar-refractivity contribution >= 4 is 11.7 Å². The highest BCUT2D eigenvalue weighted by molar-refractivity contribution is 6.15. The van der Waals surface area contributed by atoms with Gasteiger partial charge in [0.15, 0.2) is 0 Å². The Morgan fingerprint density at radius 3 is 2.62 bits per heavy atom. The summed E-state index contributed by atoms with van der Waals surface area (Å²) in [6.45, 7) is 4.31. The van der Waals surface area contributed by atoms with Gasteiger partial charge < -0.3 is 5.11 Å². The fraction of sp³-hybridized carbons (Fsp3) is 0.125. The van der Waals surface area contributed by atoms with Crippen LogP contribution in [0.25, 0.3) is 0 Å². The molecular formula is C16H15FN2O2. The van der Waals surface area contributed by atoms with E-state index in [4.69, 9.17) is 5.11 Å². The minimum absolute atomic E-state index is 0.163. The second-order valence-electron chi connectivity index (χ2n) is 4.69. The van der Waals surface area contributed by atoms with E-state index in [1.807, 2.05) is 0 Å². The van der Waals surface area contributed by atoms with Crippen molar-refractivity contribution in [1.29, 1.82) is 0 Å². The summed E-state index contributed by atoms with van der Waals surface area (Å²) in [7, 11) is 1.76. The third kappa shape index (κ3) is 3.89. The van der Waals surface area contributed by atoms with E-state index in [0.717, 1.165) is 5.56 Å². The molecule has 0 saturated heterocycles. The molecule has 0 radical (unpaired) electrons. The highest BCUT2D eigenvalue weighted by atomic mass is 19.1. The fourth-order valence-corrected chi connectivity index (χ4v) is 1.86. The molecule has 0 aromatic heterocycles. The second-order valence-corrected chi connectivity index (χ2v) is 4.69. The van der Waals surface area contributed by atoms with Crippen molar-refractivity contribution < 1.29 is 14.3 Å². The highest BCUT2D eigenvalue weighted by Crippen LogP contribution is 2.14. The first-order valence-corrected chi connectivity index (χ1v) is 6.32. The van der Waals surface area contributed by atoms with Crippen LogP contribution in [0.2, 0.25) is 0 Å². The van der Waals surface area contributed by atoms with Crippen LogP contribution in [-0.2, 0) is 11.3 Å². The van der Waals surface area contributed by atoms with Crippen LogP contribution < -0.4 is 0 Å². The number of hydrogen-bond acceptors (Lipinski definition) is 3. The van der Waals surface area contributed by atoms with Gasteiger partial charge in [0.25, 0.3) is 0 Å². The Hall–Kier alpha value is -2.69. The highest BCUT2D eigenvalue weighted by Gasteiger charge is 2.12. The SMILES string of the molecule is C=C1C=CC(C(=O)O)=C/C1=N/N(C)Cc1ccc(F)cc1. The quantitative estimate of drug-likeness (QED) is 0.866. The lowest BCUT2D eigenvalue weighted by atomic mass is 10.0. The number of benzene rings is 1. The van der Waals surface area contributed by atoms with Gasteiger partial charge in [0.1, 0.15) is 5.82 Å². The summed E-state index contributed by atoms with van der Waals surface area (Å²) >= 11 is 0. The molecule has 1 aliphatic carbocycles. The number of nitrogens with zero attached hydrogens (tertiary/aromatic N) is 2. The number of carboxylic acids is 1. The Bertz CT molecular complexity index is 657. The van der Waals surface area contributed by atoms with Crippen molar-refractivity contribution in [3.63, 3.8) is 0 Å². The monoisotopic (exact) mass is 286 g/mol. The van der Waals surface area contributed by atoms with E-state index in [0.29, 0.717) is 17.8 Å². The van der Waals surface area contributed by atoms with Crippen LogP contribution in [-0.4, -0.2) is 28.8 Å². The maximum Gasteiger partial charge on any atom is 0.335 e. The zero-order valence-corrected chi connectivity index (χ0v) is 11.6. The lowest BCUT2D eigenvalue weighted by Crippen LogP contribution is -2.16. The lowest BCUT2D eigenvalue weighted by molar-refractivity contribution is -0.132. The minimum atomic E-state index is -1.01. The Morgan fingerprint density at radius 1 is 1.33 bits per heavy atom. The first kappa shape index (κ1) is 14.7. The summed E-state index contributed by atoms with van der Waals surface area (Å²) in [5.41, 5.74) is 2.21. The molecule has 1 aliphatic rings. The van der Waals surface area contributed by atoms with Crippen LogP contribution in [0.1, 0.15) is 5.56 Å². The number of allylic oxidation sites excluding steroid dienone is 3. The van der Waals surface area contributed by atoms with Gasteiger partial charge in [-0.25, -0.2) is 9.18 Å². The van der Waals surface area contributed by atoms with Crippen LogP contribution in [0.15, 0.2) is 65.3 Å². The molecular weight excluding hydrogens is 271 g/mol. The molecule has 0 heterocycles. The molecule has 0 bridgehead atoms. The summed E-state index contributed by atoms with van der Waals surface area (Å²) in [5, 5.41) is 15.0. The molecule has 0 spiro atoms. The Balaban J connectivity index is 2.14. The topological polar surface area (TPSA) is 52.9 Å². The van der Waals surface area contributed by atoms with Crippen LogP contribution in [0.4, 0.5) is 4.39 Å². The second kappa shape index (κ2) is 6.17. The van der Waals surface area contributed by atoms with Gasteiger partial charge in [-0.05, 0) is 35.4 Å². The smallest absolute Gasteiger partial charge is 0.335 e. The van der Waals surface area contributed by atoms with Gasteiger partial charge in [-0.15, -0.1) is 0 Å². The molecule has 0 aliphatic heterocycles. The summed E-state index contributed by atoms with van der Waals surface area (Å²) < 4.78 is 12.8. The predicted molar refractivity (Wildman–Crippen MR) is 79.3 cm³/mol. The van der Waals surface area contributed by atoms with E-state index in [2.05, 4.69) is 11.7 Å². The van der Waals surface area contributed by atoms with Gasteiger partial charge in [-0.2, -0.15) is 5.10 Å². The van der Waals surface area contributed by atoms with Crippen molar-refractivity contribution in [3.05, 3.63) is 71.6 Å². The van der Waals surface area contributed by atoms with Crippen molar-refractivity contribution in [3.8, 4) is 0 Å². The zero-order valence-electron chi connectivity index (χ0n) is 11.6. The number of aliphatic carboxylic acids is 1. The number of carbonyl (C=O) groups is 1. The van der Waals surface area contributed by atoms with Crippen molar-refractivity contribution in [2.75, 3.05) is 7.05 Å². The van der Waals surface area contributed by atoms with E-state index >= 15 is 0 Å². The van der Waals surface area contributed by atoms with Gasteiger partial charge in [-0.1, -0.05) is 24.8 Å². The molecule has 0 atom stereocenters. The van der Waals surface area contributed by atoms with Crippen LogP contribution in [0.3, 0.4) is 0 Å². The summed E-state index contributed by atoms with van der Waals surface area (Å²) in [4.78, 5) is 11.0. The van der Waals surface area contributed by atoms with E-state index in [1.54, 1.807) is 30.3 Å². The van der Waals surface area contributed by atoms with Crippen LogP contribution in [0, 0.1) is 5.82 Å². The average molecular weight is 286 g/mol. The first-order chi connectivity index (χ1) is 9.95. The van der Waals surface area contributed by atoms with Gasteiger partial charge in [-0.3, -0.25) is 5.01 Å². The Kier molecular flexibility index (Phi) is 4.33. The van der Waals surface area contributed by atoms with E-state index in [1.165, 1.54) is 24.3 Å². The van der Waals surface area contributed by atoms with Gasteiger partial charge in [0.2, 0.25) is 0 Å². The molecule has 108 valence electrons. The summed E-state index contributed by atoms with van der Waals surface area (Å²) in [5.74, 6) is -1.29. The maximum absolute atomic E-state index is 12.8. The normalized spacial score (nSPS) is 16.0. The largest absolute Gasteiger partial charge is 0.478 e. The molecule has 21 heavy (non-hydrogen) atoms. The van der Waals surface area contributed by atoms with Crippen molar-refractivity contribution in [2.45, 2.75) is 6.54 Å². The molecule has 0 amide bonds. The number of rotatable bonds is 4. The first-order valence-electron chi connectivity index (χ1n) is 6.32. The average Bonchev–Trinajstić information content (AvgIpc) is 2.43. The molecule has 0 fully saturated rings. The molecule has 2 rings (SSSR count). The van der Waals surface area contributed by atoms with E-state index in [-0.39, 0.29) is 11.4 Å². The molecule has 4 nitrogen and oxygen atoms in total. The maximum atomic E-state index is 12.8. The zero-order chi connectivity index (χ0) is 15.4. The molecule has 1 N–H and O–H groups in total. The molecule has 1 aromatic carbocycles. The standard InChI is InChI=1S/C16H15FN2O2/c1-11-3-6-13(16(20)21)9-15(11)18-19(2)10-12-4-7-14(17)8-5-12/h3-9H,1,10H2,2H3,(H,20,21)/b18-15-. The van der Waals surface area contributed by atoms with Gasteiger partial charge in [0, 0.05) is 7.05 Å². The fourth-order valence-electron chi connectivity index (χ4n) is 1.86. The third-order valence-electron chi connectivity index (χ3n) is 2.94. The molecule has 1 aromatic rings. The Morgan fingerprint density at radius 2 is 2.00 bits per heavy atom. The van der Waals surface area contributed by atoms with Crippen molar-refractivity contribution in [1.82, 2.24) is 5.01 Å². The van der Waals surface area contributed by atoms with Crippen LogP contribution >= 0.6 is 0 Å². The number of hydrazone groups is 1. The summed E-state index contributed by atoms with van der Waals surface area (Å²) in [6, 6.07) is 6.14. The number of carboxylic acid groups (broad SMARTS) is 1. The molecule has 0 unspecified atom stereocenters. The summed E-state index contributed by atoms with van der Waals surface area (Å²) in [6.07, 6.45) is 4.59. The number of halogens is 1. The van der Waals surface area contributed by atoms with E-state index in [9.17, 15) is 9.18 Å². The predicted octanol–water partition coefficient (Wildman–Crippen LogP) is 2.75. The van der Waals surface area contributed by atoms with Crippen LogP contribution in [0.5, 0.6) is 0 Å². The Labute approximate surface area is 122 Å². The number of hydrogen-bond donors (Lipinski definition) is 1. The lowest BCUT2D eigenvalue weighted by Gasteiger charge is -2.16. The van der Waals surface area contributed by atoms with E-state index < -0.39 is 5.97 Å². The van der Waals surface area contributed by atoms with Crippen molar-refractivity contribution in [2.24, 2.45) is 5.10 Å². The van der Waals surface area contributed by atoms with Gasteiger partial charge in [0.05, 0.1) is 17.8 Å². The molecule has 5 heteroatoms. The minimum Gasteiger partial charge on any atom is -0.478 e. The van der Waals surface area contributed by atoms with Gasteiger partial charge >= 0.3 is 5.97 Å². The molecule has 0 saturated carbocycles. The third-order valence-corrected chi connectivity index (χ3v) is 2.94.